The molecule has 0 saturated carbocycles. The number of hydrogen-bond acceptors (Lipinski definition) is 2. The predicted octanol–water partition coefficient (Wildman–Crippen LogP) is 3.22. The number of amides is 2. The molecule has 0 aliphatic carbocycles. The van der Waals surface area contributed by atoms with Crippen molar-refractivity contribution in [1.29, 1.82) is 0 Å². The molecule has 24 heavy (non-hydrogen) atoms. The summed E-state index contributed by atoms with van der Waals surface area (Å²) >= 11 is 0. The van der Waals surface area contributed by atoms with Crippen LogP contribution in [0.1, 0.15) is 40.4 Å². The molecule has 0 radical (unpaired) electrons. The summed E-state index contributed by atoms with van der Waals surface area (Å²) in [6, 6.07) is 13.7. The standard InChI is InChI=1S/C20H22N2O2/c1-3-19(23)22-12-11-16-17(5-4-6-18(16)22)20(24)21-13-15-9-7-14(2)8-10-15/h4-10H,3,11-13H2,1-2H3,(H,21,24). The van der Waals surface area contributed by atoms with E-state index < -0.39 is 0 Å². The van der Waals surface area contributed by atoms with Crippen LogP contribution in [-0.2, 0) is 17.8 Å². The maximum Gasteiger partial charge on any atom is 0.251 e. The first-order valence-electron chi connectivity index (χ1n) is 8.36. The third-order valence-electron chi connectivity index (χ3n) is 4.45. The molecule has 2 amide bonds. The first-order valence-corrected chi connectivity index (χ1v) is 8.36. The highest BCUT2D eigenvalue weighted by molar-refractivity contribution is 6.01. The van der Waals surface area contributed by atoms with Crippen LogP contribution < -0.4 is 10.2 Å². The van der Waals surface area contributed by atoms with E-state index in [1.165, 1.54) is 5.56 Å². The third kappa shape index (κ3) is 3.18. The van der Waals surface area contributed by atoms with Crippen molar-refractivity contribution in [2.24, 2.45) is 0 Å². The van der Waals surface area contributed by atoms with Gasteiger partial charge in [0.2, 0.25) is 5.91 Å². The number of aryl methyl sites for hydroxylation is 1. The molecule has 0 fully saturated rings. The van der Waals surface area contributed by atoms with Crippen LogP contribution in [0.4, 0.5) is 5.69 Å². The van der Waals surface area contributed by atoms with Crippen LogP contribution in [0, 0.1) is 6.92 Å². The van der Waals surface area contributed by atoms with Crippen LogP contribution in [0.25, 0.3) is 0 Å². The van der Waals surface area contributed by atoms with Crippen LogP contribution >= 0.6 is 0 Å². The van der Waals surface area contributed by atoms with Gasteiger partial charge in [-0.15, -0.1) is 0 Å². The molecular weight excluding hydrogens is 300 g/mol. The summed E-state index contributed by atoms with van der Waals surface area (Å²) in [6.45, 7) is 5.06. The number of fused-ring (bicyclic) bond motifs is 1. The number of benzene rings is 2. The Morgan fingerprint density at radius 2 is 1.88 bits per heavy atom. The average Bonchev–Trinajstić information content (AvgIpc) is 3.04. The molecule has 1 aliphatic rings. The SMILES string of the molecule is CCC(=O)N1CCc2c(C(=O)NCc3ccc(C)cc3)cccc21. The van der Waals surface area contributed by atoms with Gasteiger partial charge in [-0.05, 0) is 36.6 Å². The minimum atomic E-state index is -0.0850. The smallest absolute Gasteiger partial charge is 0.251 e. The van der Waals surface area contributed by atoms with E-state index in [0.29, 0.717) is 25.1 Å². The molecule has 1 heterocycles. The number of carbonyl (C=O) groups excluding carboxylic acids is 2. The number of carbonyl (C=O) groups is 2. The molecule has 4 heteroatoms. The Balaban J connectivity index is 1.75. The fourth-order valence-corrected chi connectivity index (χ4v) is 3.08. The number of hydrogen-bond donors (Lipinski definition) is 1. The second-order valence-corrected chi connectivity index (χ2v) is 6.12. The zero-order valence-electron chi connectivity index (χ0n) is 14.1. The molecule has 3 rings (SSSR count). The van der Waals surface area contributed by atoms with Gasteiger partial charge in [-0.3, -0.25) is 9.59 Å². The van der Waals surface area contributed by atoms with Gasteiger partial charge in [0.05, 0.1) is 0 Å². The van der Waals surface area contributed by atoms with E-state index in [-0.39, 0.29) is 11.8 Å². The van der Waals surface area contributed by atoms with Crippen LogP contribution in [0.15, 0.2) is 42.5 Å². The van der Waals surface area contributed by atoms with Crippen LogP contribution in [-0.4, -0.2) is 18.4 Å². The van der Waals surface area contributed by atoms with Crippen molar-refractivity contribution in [3.63, 3.8) is 0 Å². The Morgan fingerprint density at radius 1 is 1.12 bits per heavy atom. The molecule has 0 atom stereocenters. The average molecular weight is 322 g/mol. The van der Waals surface area contributed by atoms with Gasteiger partial charge >= 0.3 is 0 Å². The second-order valence-electron chi connectivity index (χ2n) is 6.12. The number of anilines is 1. The lowest BCUT2D eigenvalue weighted by Crippen LogP contribution is -2.27. The quantitative estimate of drug-likeness (QED) is 0.939. The summed E-state index contributed by atoms with van der Waals surface area (Å²) < 4.78 is 0. The lowest BCUT2D eigenvalue weighted by atomic mass is 10.0. The first kappa shape index (κ1) is 16.2. The zero-order chi connectivity index (χ0) is 17.1. The molecule has 0 bridgehead atoms. The van der Waals surface area contributed by atoms with Gasteiger partial charge in [0.15, 0.2) is 0 Å². The summed E-state index contributed by atoms with van der Waals surface area (Å²) in [4.78, 5) is 26.4. The van der Waals surface area contributed by atoms with Gasteiger partial charge in [-0.1, -0.05) is 42.8 Å². The summed E-state index contributed by atoms with van der Waals surface area (Å²) in [5.41, 5.74) is 4.80. The molecule has 1 aliphatic heterocycles. The van der Waals surface area contributed by atoms with E-state index in [0.717, 1.165) is 23.2 Å². The normalized spacial score (nSPS) is 12.8. The molecule has 0 aromatic heterocycles. The van der Waals surface area contributed by atoms with Gasteiger partial charge < -0.3 is 10.2 Å². The minimum absolute atomic E-state index is 0.0850. The molecule has 4 nitrogen and oxygen atoms in total. The van der Waals surface area contributed by atoms with E-state index in [2.05, 4.69) is 5.32 Å². The van der Waals surface area contributed by atoms with Gasteiger partial charge in [0.1, 0.15) is 0 Å². The van der Waals surface area contributed by atoms with Crippen LogP contribution in [0.3, 0.4) is 0 Å². The Bertz CT molecular complexity index is 766. The molecular formula is C20H22N2O2. The lowest BCUT2D eigenvalue weighted by Gasteiger charge is -2.16. The number of rotatable bonds is 4. The summed E-state index contributed by atoms with van der Waals surface area (Å²) in [5, 5.41) is 2.98. The maximum absolute atomic E-state index is 12.6. The van der Waals surface area contributed by atoms with E-state index >= 15 is 0 Å². The molecule has 2 aromatic rings. The minimum Gasteiger partial charge on any atom is -0.348 e. The van der Waals surface area contributed by atoms with Crippen LogP contribution in [0.5, 0.6) is 0 Å². The summed E-state index contributed by atoms with van der Waals surface area (Å²) in [6.07, 6.45) is 1.21. The zero-order valence-corrected chi connectivity index (χ0v) is 14.1. The van der Waals surface area contributed by atoms with Crippen molar-refractivity contribution in [2.75, 3.05) is 11.4 Å². The predicted molar refractivity (Wildman–Crippen MR) is 95.1 cm³/mol. The van der Waals surface area contributed by atoms with Crippen molar-refractivity contribution in [3.05, 3.63) is 64.7 Å². The van der Waals surface area contributed by atoms with Gasteiger partial charge in [0, 0.05) is 30.8 Å². The van der Waals surface area contributed by atoms with Crippen LogP contribution in [0.2, 0.25) is 0 Å². The van der Waals surface area contributed by atoms with Crippen molar-refractivity contribution in [2.45, 2.75) is 33.2 Å². The topological polar surface area (TPSA) is 49.4 Å². The Morgan fingerprint density at radius 3 is 2.58 bits per heavy atom. The summed E-state index contributed by atoms with van der Waals surface area (Å²) in [7, 11) is 0. The van der Waals surface area contributed by atoms with Gasteiger partial charge in [-0.25, -0.2) is 0 Å². The van der Waals surface area contributed by atoms with E-state index in [4.69, 9.17) is 0 Å². The van der Waals surface area contributed by atoms with E-state index in [9.17, 15) is 9.59 Å². The van der Waals surface area contributed by atoms with Crippen molar-refractivity contribution < 1.29 is 9.59 Å². The largest absolute Gasteiger partial charge is 0.348 e. The van der Waals surface area contributed by atoms with Crippen molar-refractivity contribution in [3.8, 4) is 0 Å². The monoisotopic (exact) mass is 322 g/mol. The number of nitrogens with one attached hydrogen (secondary N) is 1. The van der Waals surface area contributed by atoms with Gasteiger partial charge in [0.25, 0.3) is 5.91 Å². The Labute approximate surface area is 142 Å². The fraction of sp³-hybridized carbons (Fsp3) is 0.300. The summed E-state index contributed by atoms with van der Waals surface area (Å²) in [5.74, 6) is 0.0178. The maximum atomic E-state index is 12.6. The fourth-order valence-electron chi connectivity index (χ4n) is 3.08. The van der Waals surface area contributed by atoms with E-state index in [1.54, 1.807) is 4.90 Å². The third-order valence-corrected chi connectivity index (χ3v) is 4.45. The van der Waals surface area contributed by atoms with Gasteiger partial charge in [-0.2, -0.15) is 0 Å². The van der Waals surface area contributed by atoms with E-state index in [1.807, 2.05) is 56.3 Å². The molecule has 124 valence electrons. The molecule has 2 aromatic carbocycles. The highest BCUT2D eigenvalue weighted by Gasteiger charge is 2.27. The molecule has 0 saturated heterocycles. The second kappa shape index (κ2) is 6.87. The molecule has 0 spiro atoms. The number of nitrogens with zero attached hydrogens (tertiary/aromatic N) is 1. The Kier molecular flexibility index (Phi) is 4.65. The highest BCUT2D eigenvalue weighted by Crippen LogP contribution is 2.31. The van der Waals surface area contributed by atoms with Crippen molar-refractivity contribution >= 4 is 17.5 Å². The van der Waals surface area contributed by atoms with Crippen molar-refractivity contribution in [1.82, 2.24) is 5.32 Å². The Hall–Kier alpha value is -2.62. The molecule has 1 N–H and O–H groups in total. The highest BCUT2D eigenvalue weighted by atomic mass is 16.2. The first-order chi connectivity index (χ1) is 11.6. The lowest BCUT2D eigenvalue weighted by molar-refractivity contribution is -0.118. The molecule has 0 unspecified atom stereocenters.